The van der Waals surface area contributed by atoms with Gasteiger partial charge in [0.15, 0.2) is 0 Å². The Kier molecular flexibility index (Phi) is 17.0. The van der Waals surface area contributed by atoms with Crippen LogP contribution in [0.3, 0.4) is 0 Å². The maximum absolute atomic E-state index is 5.52. The van der Waals surface area contributed by atoms with Crippen LogP contribution in [0.1, 0.15) is 85.8 Å². The van der Waals surface area contributed by atoms with Gasteiger partial charge in [0.1, 0.15) is 0 Å². The first-order valence-corrected chi connectivity index (χ1v) is 19.7. The molecule has 1 fully saturated rings. The monoisotopic (exact) mass is 814 g/mol. The maximum atomic E-state index is 5.52. The second-order valence-corrected chi connectivity index (χ2v) is 15.5. The second-order valence-electron chi connectivity index (χ2n) is 15.1. The van der Waals surface area contributed by atoms with E-state index in [1.807, 2.05) is 42.5 Å². The minimum absolute atomic E-state index is 0. The van der Waals surface area contributed by atoms with E-state index >= 15 is 0 Å². The summed E-state index contributed by atoms with van der Waals surface area (Å²) < 4.78 is 3.34. The first-order valence-electron chi connectivity index (χ1n) is 17.5. The fraction of sp³-hybridized carbons (Fsp3) is 0.362. The van der Waals surface area contributed by atoms with Gasteiger partial charge in [0.2, 0.25) is 0 Å². The summed E-state index contributed by atoms with van der Waals surface area (Å²) >= 11 is 6.82. The molecule has 272 valence electrons. The van der Waals surface area contributed by atoms with Crippen molar-refractivity contribution in [3.05, 3.63) is 166 Å². The molecule has 0 saturated heterocycles. The number of allylic oxidation sites excluding steroid dienone is 10. The molecule has 0 spiro atoms. The molecule has 2 atom stereocenters. The summed E-state index contributed by atoms with van der Waals surface area (Å²) in [6, 6.07) is 31.7. The zero-order chi connectivity index (χ0) is 35.9. The van der Waals surface area contributed by atoms with Crippen molar-refractivity contribution in [2.45, 2.75) is 81.1 Å². The first-order chi connectivity index (χ1) is 23.4. The summed E-state index contributed by atoms with van der Waals surface area (Å²) in [6.45, 7) is 20.3. The molecule has 0 nitrogen and oxygen atoms in total. The Bertz CT molecular complexity index is 1670. The van der Waals surface area contributed by atoms with Gasteiger partial charge in [0, 0.05) is 0 Å². The average Bonchev–Trinajstić information content (AvgIpc) is 3.83. The standard InChI is InChI=1S/C29H37.C6H4Cl.C6H5.C5H5.CH2.2ClH.Zr/c1-18-25-22-17-19-13-9-10-14-20(19)24(22)21-15-11-12-16-23(21)29(25,8)28(6,7)27(4,5)26(18,2)3;7-6-4-2-1-3-5-6;1-2-4-6-5-3-1;1-2-4-5-3-1;;;;/h9-11,13-15,23H,12,16-17H2,1-8H3;2-5H;1-5H;1-3H,4H2;1H2;2*1H;/q4*-1;;;;. The minimum Gasteiger partial charge on any atom is -0.184 e. The summed E-state index contributed by atoms with van der Waals surface area (Å²) in [7, 11) is 0. The number of fused-ring (bicyclic) bond motifs is 6. The van der Waals surface area contributed by atoms with Crippen LogP contribution in [0, 0.1) is 51.7 Å². The van der Waals surface area contributed by atoms with E-state index in [4.69, 9.17) is 11.6 Å². The van der Waals surface area contributed by atoms with E-state index in [1.54, 1.807) is 52.5 Å². The predicted molar refractivity (Wildman–Crippen MR) is 223 cm³/mol. The molecule has 3 aromatic rings. The smallest absolute Gasteiger partial charge is 0.171 e. The van der Waals surface area contributed by atoms with Gasteiger partial charge < -0.3 is 0 Å². The molecule has 2 unspecified atom stereocenters. The molecule has 0 aliphatic heterocycles. The molecule has 0 aromatic heterocycles. The Morgan fingerprint density at radius 1 is 0.804 bits per heavy atom. The molecule has 8 rings (SSSR count). The maximum Gasteiger partial charge on any atom is -0.171 e. The molecule has 0 heterocycles. The van der Waals surface area contributed by atoms with Gasteiger partial charge in [-0.25, -0.2) is 18.1 Å². The van der Waals surface area contributed by atoms with Crippen molar-refractivity contribution in [1.29, 1.82) is 0 Å². The van der Waals surface area contributed by atoms with E-state index < -0.39 is 0 Å². The van der Waals surface area contributed by atoms with Crippen LogP contribution in [0.25, 0.3) is 5.57 Å². The van der Waals surface area contributed by atoms with Gasteiger partial charge in [-0.15, -0.1) is 49.8 Å². The Balaban J connectivity index is 0.000000333. The Labute approximate surface area is 342 Å². The van der Waals surface area contributed by atoms with Gasteiger partial charge in [-0.05, 0) is 40.6 Å². The van der Waals surface area contributed by atoms with Gasteiger partial charge in [-0.2, -0.15) is 84.0 Å². The van der Waals surface area contributed by atoms with E-state index in [0.29, 0.717) is 5.92 Å². The number of halogens is 3. The Hall–Kier alpha value is -2.15. The van der Waals surface area contributed by atoms with Gasteiger partial charge in [-0.1, -0.05) is 118 Å². The van der Waals surface area contributed by atoms with Crippen LogP contribution < -0.4 is 0 Å². The zero-order valence-electron chi connectivity index (χ0n) is 31.7. The summed E-state index contributed by atoms with van der Waals surface area (Å²) in [5.41, 5.74) is 10.3. The normalized spacial score (nSPS) is 22.8. The number of hydrogen-bond acceptors (Lipinski definition) is 0. The molecule has 0 N–H and O–H groups in total. The quantitative estimate of drug-likeness (QED) is 0.198. The van der Waals surface area contributed by atoms with Crippen LogP contribution in [0.5, 0.6) is 0 Å². The van der Waals surface area contributed by atoms with E-state index in [1.165, 1.54) is 48.2 Å². The molecule has 4 heteroatoms. The SMILES string of the molecule is C[C-]1C2=C3Cc4ccccc4C3=C3C=CCCC3C2(C)C(C)(C)C(C)(C)C1(C)C.Cl.Cl.Clc1cc[c-]cc1.[C-]1=CC=CC1.[CH2]=[Zr].[c-]1ccccc1. The summed E-state index contributed by atoms with van der Waals surface area (Å²) in [5, 5.41) is 0.763. The largest absolute Gasteiger partial charge is 0.184 e. The third-order valence-corrected chi connectivity index (χ3v) is 12.9. The molecule has 3 aromatic carbocycles. The number of hydrogen-bond donors (Lipinski definition) is 0. The fourth-order valence-corrected chi connectivity index (χ4v) is 8.74. The Morgan fingerprint density at radius 3 is 1.92 bits per heavy atom. The van der Waals surface area contributed by atoms with Crippen molar-refractivity contribution < 1.29 is 24.2 Å². The summed E-state index contributed by atoms with van der Waals surface area (Å²) in [5.74, 6) is 2.24. The molecule has 0 amide bonds. The van der Waals surface area contributed by atoms with E-state index in [2.05, 4.69) is 120 Å². The van der Waals surface area contributed by atoms with E-state index in [0.717, 1.165) is 17.9 Å². The molecule has 5 aliphatic rings. The van der Waals surface area contributed by atoms with Crippen LogP contribution in [0.4, 0.5) is 0 Å². The molecular formula is C47H55Cl3Zr-4. The average molecular weight is 818 g/mol. The topological polar surface area (TPSA) is 0 Å². The van der Waals surface area contributed by atoms with Crippen molar-refractivity contribution >= 4 is 46.2 Å². The molecule has 1 saturated carbocycles. The first kappa shape index (κ1) is 45.0. The fourth-order valence-electron chi connectivity index (χ4n) is 8.62. The van der Waals surface area contributed by atoms with Crippen LogP contribution >= 0.6 is 36.4 Å². The van der Waals surface area contributed by atoms with Crippen molar-refractivity contribution in [3.63, 3.8) is 0 Å². The van der Waals surface area contributed by atoms with Crippen molar-refractivity contribution in [2.75, 3.05) is 0 Å². The predicted octanol–water partition coefficient (Wildman–Crippen LogP) is 13.7. The number of rotatable bonds is 0. The third kappa shape index (κ3) is 8.65. The molecule has 51 heavy (non-hydrogen) atoms. The van der Waals surface area contributed by atoms with Gasteiger partial charge in [0.05, 0.1) is 0 Å². The van der Waals surface area contributed by atoms with Crippen LogP contribution in [0.15, 0.2) is 126 Å². The summed E-state index contributed by atoms with van der Waals surface area (Å²) in [4.78, 5) is 0. The van der Waals surface area contributed by atoms with Gasteiger partial charge in [-0.3, -0.25) is 6.08 Å². The van der Waals surface area contributed by atoms with Crippen LogP contribution in [-0.2, 0) is 30.7 Å². The molecule has 0 bridgehead atoms. The molecule has 0 radical (unpaired) electrons. The van der Waals surface area contributed by atoms with Crippen LogP contribution in [0.2, 0.25) is 5.02 Å². The minimum atomic E-state index is 0. The number of benzene rings is 3. The van der Waals surface area contributed by atoms with Crippen molar-refractivity contribution in [2.24, 2.45) is 27.6 Å². The van der Waals surface area contributed by atoms with E-state index in [-0.39, 0.29) is 46.5 Å². The van der Waals surface area contributed by atoms with Crippen LogP contribution in [-0.4, -0.2) is 4.21 Å². The van der Waals surface area contributed by atoms with Crippen molar-refractivity contribution in [3.8, 4) is 0 Å². The van der Waals surface area contributed by atoms with Crippen molar-refractivity contribution in [1.82, 2.24) is 0 Å². The Morgan fingerprint density at radius 2 is 1.43 bits per heavy atom. The van der Waals surface area contributed by atoms with Gasteiger partial charge in [0.25, 0.3) is 0 Å². The molecule has 5 aliphatic carbocycles. The van der Waals surface area contributed by atoms with E-state index in [9.17, 15) is 0 Å². The third-order valence-electron chi connectivity index (χ3n) is 12.7. The van der Waals surface area contributed by atoms with Gasteiger partial charge >= 0.3 is 28.4 Å². The summed E-state index contributed by atoms with van der Waals surface area (Å²) in [6.07, 6.45) is 18.5. The molecular weight excluding hydrogens is 762 g/mol. The second kappa shape index (κ2) is 19.3. The zero-order valence-corrected chi connectivity index (χ0v) is 36.5.